The second-order valence-corrected chi connectivity index (χ2v) is 10.1. The lowest BCUT2D eigenvalue weighted by molar-refractivity contribution is -0.138. The Bertz CT molecular complexity index is 1260. The molecule has 0 saturated carbocycles. The Morgan fingerprint density at radius 3 is 2.30 bits per heavy atom. The summed E-state index contributed by atoms with van der Waals surface area (Å²) in [6.45, 7) is 7.80. The molecule has 0 radical (unpaired) electrons. The number of pyridine rings is 2. The first-order chi connectivity index (χ1) is 17.2. The van der Waals surface area contributed by atoms with Gasteiger partial charge in [-0.1, -0.05) is 0 Å². The Morgan fingerprint density at radius 2 is 1.76 bits per heavy atom. The van der Waals surface area contributed by atoms with Crippen molar-refractivity contribution in [2.75, 3.05) is 19.5 Å². The van der Waals surface area contributed by atoms with Crippen LogP contribution in [0.25, 0.3) is 5.82 Å². The zero-order chi connectivity index (χ0) is 27.5. The van der Waals surface area contributed by atoms with Crippen molar-refractivity contribution >= 4 is 27.5 Å². The average Bonchev–Trinajstić information content (AvgIpc) is 3.34. The fraction of sp³-hybridized carbons (Fsp3) is 0.458. The van der Waals surface area contributed by atoms with Gasteiger partial charge in [0.15, 0.2) is 5.82 Å². The molecule has 0 fully saturated rings. The van der Waals surface area contributed by atoms with Crippen molar-refractivity contribution in [3.63, 3.8) is 0 Å². The Morgan fingerprint density at radius 1 is 1.14 bits per heavy atom. The lowest BCUT2D eigenvalue weighted by Gasteiger charge is -2.25. The van der Waals surface area contributed by atoms with E-state index in [0.29, 0.717) is 15.9 Å². The van der Waals surface area contributed by atoms with Crippen molar-refractivity contribution in [1.29, 1.82) is 0 Å². The molecule has 0 bridgehead atoms. The van der Waals surface area contributed by atoms with Crippen molar-refractivity contribution in [2.45, 2.75) is 58.4 Å². The van der Waals surface area contributed by atoms with Gasteiger partial charge in [-0.15, -0.1) is 4.80 Å². The van der Waals surface area contributed by atoms with Gasteiger partial charge in [-0.3, -0.25) is 4.79 Å². The molecule has 0 aromatic carbocycles. The predicted octanol–water partition coefficient (Wildman–Crippen LogP) is 5.12. The van der Waals surface area contributed by atoms with Crippen LogP contribution in [0.3, 0.4) is 0 Å². The number of Topliss-reactive ketones (excluding diaryl/α,β-unsaturated/α-hetero) is 1. The summed E-state index contributed by atoms with van der Waals surface area (Å²) in [7, 11) is 2.81. The highest BCUT2D eigenvalue weighted by atomic mass is 79.9. The van der Waals surface area contributed by atoms with Crippen LogP contribution in [0.5, 0.6) is 5.88 Å². The lowest BCUT2D eigenvalue weighted by Crippen LogP contribution is -2.27. The number of hydrogen-bond acceptors (Lipinski definition) is 8. The first-order valence-corrected chi connectivity index (χ1v) is 12.1. The third kappa shape index (κ3) is 6.83. The third-order valence-corrected chi connectivity index (χ3v) is 6.12. The standard InChI is InChI=1S/C24H28BrF3N6O3/c1-13(36-5)18-15(12-29-20(19(18)25)33-23(2,3)4)10-16(35)9-14-11-17(24(26,27)28)21(32-22(14)37-6)34-30-7-8-31-34/h7-8,11-13H,9-10H2,1-6H3,(H,29,33). The van der Waals surface area contributed by atoms with E-state index in [-0.39, 0.29) is 41.7 Å². The minimum Gasteiger partial charge on any atom is -0.481 e. The number of hydrogen-bond donors (Lipinski definition) is 1. The normalized spacial score (nSPS) is 12.9. The van der Waals surface area contributed by atoms with E-state index < -0.39 is 17.6 Å². The SMILES string of the molecule is COc1nc(-n2nccn2)c(C(F)(F)F)cc1CC(=O)Cc1cnc(NC(C)(C)C)c(Br)c1C(C)OC. The number of ether oxygens (including phenoxy) is 2. The maximum absolute atomic E-state index is 13.9. The maximum atomic E-state index is 13.9. The Kier molecular flexibility index (Phi) is 8.58. The number of anilines is 1. The zero-order valence-electron chi connectivity index (χ0n) is 21.3. The van der Waals surface area contributed by atoms with Crippen LogP contribution in [0.2, 0.25) is 0 Å². The predicted molar refractivity (Wildman–Crippen MR) is 134 cm³/mol. The van der Waals surface area contributed by atoms with Crippen molar-refractivity contribution < 1.29 is 27.4 Å². The van der Waals surface area contributed by atoms with Crippen molar-refractivity contribution in [3.05, 3.63) is 51.4 Å². The average molecular weight is 585 g/mol. The molecule has 3 aromatic heterocycles. The summed E-state index contributed by atoms with van der Waals surface area (Å²) in [5.41, 5.74) is -0.0409. The van der Waals surface area contributed by atoms with Crippen LogP contribution in [0, 0.1) is 0 Å². The van der Waals surface area contributed by atoms with Gasteiger partial charge in [0.1, 0.15) is 17.2 Å². The van der Waals surface area contributed by atoms with Gasteiger partial charge < -0.3 is 14.8 Å². The molecule has 37 heavy (non-hydrogen) atoms. The van der Waals surface area contributed by atoms with Gasteiger partial charge in [0.2, 0.25) is 5.88 Å². The van der Waals surface area contributed by atoms with Gasteiger partial charge in [0, 0.05) is 42.8 Å². The number of carbonyl (C=O) groups excluding carboxylic acids is 1. The molecule has 0 amide bonds. The van der Waals surface area contributed by atoms with Gasteiger partial charge in [-0.2, -0.15) is 28.4 Å². The molecule has 13 heteroatoms. The van der Waals surface area contributed by atoms with Gasteiger partial charge in [-0.05, 0) is 55.3 Å². The number of alkyl halides is 3. The quantitative estimate of drug-likeness (QED) is 0.369. The third-order valence-electron chi connectivity index (χ3n) is 5.32. The van der Waals surface area contributed by atoms with E-state index >= 15 is 0 Å². The largest absolute Gasteiger partial charge is 0.481 e. The van der Waals surface area contributed by atoms with Crippen LogP contribution in [0.15, 0.2) is 29.1 Å². The van der Waals surface area contributed by atoms with Crippen LogP contribution in [-0.2, 0) is 28.5 Å². The molecule has 1 N–H and O–H groups in total. The number of nitrogens with one attached hydrogen (secondary N) is 1. The molecule has 1 atom stereocenters. The van der Waals surface area contributed by atoms with Crippen LogP contribution in [0.4, 0.5) is 19.0 Å². The molecule has 9 nitrogen and oxygen atoms in total. The maximum Gasteiger partial charge on any atom is 0.420 e. The molecule has 0 aliphatic heterocycles. The summed E-state index contributed by atoms with van der Waals surface area (Å²) >= 11 is 3.58. The molecule has 0 aliphatic carbocycles. The van der Waals surface area contributed by atoms with E-state index in [4.69, 9.17) is 9.47 Å². The second-order valence-electron chi connectivity index (χ2n) is 9.35. The van der Waals surface area contributed by atoms with Gasteiger partial charge in [-0.25, -0.2) is 4.98 Å². The Balaban J connectivity index is 1.97. The van der Waals surface area contributed by atoms with E-state index in [1.807, 2.05) is 27.7 Å². The summed E-state index contributed by atoms with van der Waals surface area (Å²) < 4.78 is 52.9. The van der Waals surface area contributed by atoms with Crippen molar-refractivity contribution in [1.82, 2.24) is 25.0 Å². The summed E-state index contributed by atoms with van der Waals surface area (Å²) in [5.74, 6) is -0.431. The van der Waals surface area contributed by atoms with E-state index in [0.717, 1.165) is 16.4 Å². The molecular formula is C24H28BrF3N6O3. The first-order valence-electron chi connectivity index (χ1n) is 11.3. The summed E-state index contributed by atoms with van der Waals surface area (Å²) in [4.78, 5) is 22.3. The van der Waals surface area contributed by atoms with E-state index in [1.54, 1.807) is 13.3 Å². The topological polar surface area (TPSA) is 104 Å². The minimum atomic E-state index is -4.76. The molecule has 0 spiro atoms. The molecule has 200 valence electrons. The summed E-state index contributed by atoms with van der Waals surface area (Å²) in [5, 5.41) is 10.8. The Labute approximate surface area is 220 Å². The smallest absolute Gasteiger partial charge is 0.420 e. The number of halogens is 4. The summed E-state index contributed by atoms with van der Waals surface area (Å²) in [6, 6.07) is 0.853. The van der Waals surface area contributed by atoms with Crippen molar-refractivity contribution in [3.8, 4) is 11.7 Å². The molecule has 3 aromatic rings. The second kappa shape index (κ2) is 11.1. The highest BCUT2D eigenvalue weighted by molar-refractivity contribution is 9.10. The zero-order valence-corrected chi connectivity index (χ0v) is 22.9. The Hall–Kier alpha value is -3.06. The first kappa shape index (κ1) is 28.5. The van der Waals surface area contributed by atoms with Crippen molar-refractivity contribution in [2.24, 2.45) is 0 Å². The number of ketones is 1. The highest BCUT2D eigenvalue weighted by Gasteiger charge is 2.37. The van der Waals surface area contributed by atoms with Crippen LogP contribution in [0.1, 0.15) is 56.1 Å². The minimum absolute atomic E-state index is 0.00452. The van der Waals surface area contributed by atoms with Crippen LogP contribution in [-0.4, -0.2) is 50.5 Å². The molecular weight excluding hydrogens is 557 g/mol. The van der Waals surface area contributed by atoms with Gasteiger partial charge in [0.05, 0.1) is 30.1 Å². The van der Waals surface area contributed by atoms with Gasteiger partial charge >= 0.3 is 6.18 Å². The lowest BCUT2D eigenvalue weighted by atomic mass is 9.97. The van der Waals surface area contributed by atoms with Crippen LogP contribution < -0.4 is 10.1 Å². The number of carbonyl (C=O) groups is 1. The fourth-order valence-corrected chi connectivity index (χ4v) is 4.46. The molecule has 1 unspecified atom stereocenters. The van der Waals surface area contributed by atoms with Gasteiger partial charge in [0.25, 0.3) is 0 Å². The highest BCUT2D eigenvalue weighted by Crippen LogP contribution is 2.37. The van der Waals surface area contributed by atoms with Crippen LogP contribution >= 0.6 is 15.9 Å². The number of nitrogens with zero attached hydrogens (tertiary/aromatic N) is 5. The molecule has 0 saturated heterocycles. The van der Waals surface area contributed by atoms with E-state index in [2.05, 4.69) is 41.4 Å². The molecule has 3 rings (SSSR count). The number of methoxy groups -OCH3 is 2. The fourth-order valence-electron chi connectivity index (χ4n) is 3.68. The van der Waals surface area contributed by atoms with E-state index in [9.17, 15) is 18.0 Å². The number of rotatable bonds is 9. The monoisotopic (exact) mass is 584 g/mol. The summed E-state index contributed by atoms with van der Waals surface area (Å²) in [6.07, 6.45) is -1.52. The van der Waals surface area contributed by atoms with E-state index in [1.165, 1.54) is 19.5 Å². The molecule has 3 heterocycles. The number of aromatic nitrogens is 5. The molecule has 0 aliphatic rings.